The van der Waals surface area contributed by atoms with E-state index in [4.69, 9.17) is 4.74 Å². The Morgan fingerprint density at radius 3 is 3.08 bits per heavy atom. The van der Waals surface area contributed by atoms with E-state index in [2.05, 4.69) is 24.4 Å². The number of rotatable bonds is 4. The van der Waals surface area contributed by atoms with Crippen LogP contribution in [0.4, 0.5) is 0 Å². The summed E-state index contributed by atoms with van der Waals surface area (Å²) in [7, 11) is 0. The van der Waals surface area contributed by atoms with Gasteiger partial charge in [0.05, 0.1) is 4.88 Å². The molecular formula is C21H23NO2S. The number of hydrogen-bond donors (Lipinski definition) is 1. The van der Waals surface area contributed by atoms with E-state index in [1.54, 1.807) is 11.3 Å². The van der Waals surface area contributed by atoms with E-state index in [9.17, 15) is 4.79 Å². The van der Waals surface area contributed by atoms with Gasteiger partial charge in [-0.05, 0) is 56.7 Å². The van der Waals surface area contributed by atoms with Gasteiger partial charge in [-0.3, -0.25) is 4.79 Å². The smallest absolute Gasteiger partial charge is 0.261 e. The predicted molar refractivity (Wildman–Crippen MR) is 102 cm³/mol. The number of fused-ring (bicyclic) bond motifs is 3. The van der Waals surface area contributed by atoms with E-state index in [0.717, 1.165) is 34.7 Å². The van der Waals surface area contributed by atoms with Crippen molar-refractivity contribution in [1.82, 2.24) is 5.32 Å². The van der Waals surface area contributed by atoms with Gasteiger partial charge >= 0.3 is 0 Å². The first kappa shape index (κ1) is 16.4. The number of ether oxygens (including phenoxy) is 1. The number of thiophene rings is 1. The van der Waals surface area contributed by atoms with E-state index in [1.165, 1.54) is 41.7 Å². The van der Waals surface area contributed by atoms with Crippen molar-refractivity contribution in [3.05, 3.63) is 51.9 Å². The molecule has 0 unspecified atom stereocenters. The minimum absolute atomic E-state index is 0.0333. The molecule has 25 heavy (non-hydrogen) atoms. The van der Waals surface area contributed by atoms with Crippen molar-refractivity contribution in [3.63, 3.8) is 0 Å². The summed E-state index contributed by atoms with van der Waals surface area (Å²) in [5.74, 6) is 0.955. The van der Waals surface area contributed by atoms with Gasteiger partial charge < -0.3 is 10.1 Å². The Balaban J connectivity index is 1.47. The molecule has 1 aliphatic heterocycles. The number of amides is 1. The number of carbonyl (C=O) groups is 1. The van der Waals surface area contributed by atoms with Crippen molar-refractivity contribution in [2.45, 2.75) is 45.6 Å². The van der Waals surface area contributed by atoms with Gasteiger partial charge in [0.15, 0.2) is 0 Å². The van der Waals surface area contributed by atoms with Gasteiger partial charge in [0, 0.05) is 22.5 Å². The lowest BCUT2D eigenvalue weighted by Gasteiger charge is -2.19. The normalized spacial score (nSPS) is 15.6. The third-order valence-electron chi connectivity index (χ3n) is 4.99. The van der Waals surface area contributed by atoms with Crippen LogP contribution in [0.1, 0.15) is 52.9 Å². The Morgan fingerprint density at radius 2 is 2.24 bits per heavy atom. The van der Waals surface area contributed by atoms with Crippen LogP contribution in [-0.2, 0) is 6.61 Å². The highest BCUT2D eigenvalue weighted by molar-refractivity contribution is 7.17. The van der Waals surface area contributed by atoms with E-state index in [-0.39, 0.29) is 5.91 Å². The number of benzene rings is 1. The summed E-state index contributed by atoms with van der Waals surface area (Å²) in [6.45, 7) is 3.36. The van der Waals surface area contributed by atoms with Gasteiger partial charge in [-0.25, -0.2) is 0 Å². The second-order valence-electron chi connectivity index (χ2n) is 6.82. The van der Waals surface area contributed by atoms with Crippen LogP contribution >= 0.6 is 11.3 Å². The fourth-order valence-electron chi connectivity index (χ4n) is 3.62. The average Bonchev–Trinajstić information content (AvgIpc) is 3.07. The van der Waals surface area contributed by atoms with Gasteiger partial charge in [0.25, 0.3) is 5.91 Å². The molecule has 2 heterocycles. The van der Waals surface area contributed by atoms with Crippen LogP contribution in [0.2, 0.25) is 0 Å². The number of carbonyl (C=O) groups excluding carboxylic acids is 1. The summed E-state index contributed by atoms with van der Waals surface area (Å²) in [5, 5.41) is 3.08. The quantitative estimate of drug-likeness (QED) is 0.764. The molecule has 0 saturated carbocycles. The standard InChI is InChI=1S/C21H23NO2S/c1-14-6-5-9-17-19(14)20-16(13-24-17)12-18(25-20)21(23)22-11-10-15-7-3-2-4-8-15/h5-7,9,12H,2-4,8,10-11,13H2,1H3,(H,22,23). The van der Waals surface area contributed by atoms with Crippen molar-refractivity contribution in [3.8, 4) is 16.2 Å². The van der Waals surface area contributed by atoms with E-state index >= 15 is 0 Å². The highest BCUT2D eigenvalue weighted by Crippen LogP contribution is 2.44. The summed E-state index contributed by atoms with van der Waals surface area (Å²) in [5.41, 5.74) is 4.94. The van der Waals surface area contributed by atoms with Gasteiger partial charge in [-0.15, -0.1) is 11.3 Å². The Hall–Kier alpha value is -2.07. The maximum absolute atomic E-state index is 12.5. The molecule has 0 spiro atoms. The number of allylic oxidation sites excluding steroid dienone is 1. The molecule has 130 valence electrons. The maximum Gasteiger partial charge on any atom is 0.261 e. The van der Waals surface area contributed by atoms with Crippen molar-refractivity contribution < 1.29 is 9.53 Å². The van der Waals surface area contributed by atoms with Crippen LogP contribution in [0.3, 0.4) is 0 Å². The van der Waals surface area contributed by atoms with Crippen molar-refractivity contribution in [2.24, 2.45) is 0 Å². The zero-order valence-electron chi connectivity index (χ0n) is 14.6. The molecule has 0 bridgehead atoms. The van der Waals surface area contributed by atoms with Gasteiger partial charge in [0.1, 0.15) is 12.4 Å². The Morgan fingerprint density at radius 1 is 1.32 bits per heavy atom. The first-order chi connectivity index (χ1) is 12.2. The molecule has 1 amide bonds. The Labute approximate surface area is 152 Å². The monoisotopic (exact) mass is 353 g/mol. The average molecular weight is 353 g/mol. The summed E-state index contributed by atoms with van der Waals surface area (Å²) in [4.78, 5) is 14.5. The molecule has 1 N–H and O–H groups in total. The number of aryl methyl sites for hydroxylation is 1. The third-order valence-corrected chi connectivity index (χ3v) is 6.19. The van der Waals surface area contributed by atoms with Crippen LogP contribution in [0.15, 0.2) is 35.9 Å². The minimum atomic E-state index is 0.0333. The molecule has 1 aliphatic carbocycles. The van der Waals surface area contributed by atoms with Crippen LogP contribution in [0.25, 0.3) is 10.4 Å². The molecule has 3 nitrogen and oxygen atoms in total. The molecule has 4 rings (SSSR count). The van der Waals surface area contributed by atoms with Crippen LogP contribution < -0.4 is 10.1 Å². The largest absolute Gasteiger partial charge is 0.488 e. The number of nitrogens with one attached hydrogen (secondary N) is 1. The maximum atomic E-state index is 12.5. The predicted octanol–water partition coefficient (Wildman–Crippen LogP) is 5.24. The molecule has 0 fully saturated rings. The van der Waals surface area contributed by atoms with Gasteiger partial charge in [-0.1, -0.05) is 23.8 Å². The lowest BCUT2D eigenvalue weighted by Crippen LogP contribution is -2.24. The SMILES string of the molecule is Cc1cccc2c1-c1sc(C(=O)NCCC3=CCCCC3)cc1CO2. The molecule has 0 saturated heterocycles. The fourth-order valence-corrected chi connectivity index (χ4v) is 4.82. The molecule has 0 atom stereocenters. The Bertz CT molecular complexity index is 834. The van der Waals surface area contributed by atoms with E-state index < -0.39 is 0 Å². The highest BCUT2D eigenvalue weighted by atomic mass is 32.1. The van der Waals surface area contributed by atoms with Crippen molar-refractivity contribution in [2.75, 3.05) is 6.54 Å². The molecule has 2 aromatic rings. The molecule has 4 heteroatoms. The van der Waals surface area contributed by atoms with Crippen LogP contribution in [-0.4, -0.2) is 12.5 Å². The van der Waals surface area contributed by atoms with Crippen molar-refractivity contribution in [1.29, 1.82) is 0 Å². The van der Waals surface area contributed by atoms with E-state index in [1.807, 2.05) is 18.2 Å². The van der Waals surface area contributed by atoms with Crippen LogP contribution in [0, 0.1) is 6.92 Å². The van der Waals surface area contributed by atoms with E-state index in [0.29, 0.717) is 6.61 Å². The molecule has 2 aliphatic rings. The lowest BCUT2D eigenvalue weighted by molar-refractivity contribution is 0.0958. The molecule has 0 radical (unpaired) electrons. The second-order valence-corrected chi connectivity index (χ2v) is 7.87. The fraction of sp³-hybridized carbons (Fsp3) is 0.381. The highest BCUT2D eigenvalue weighted by Gasteiger charge is 2.23. The third kappa shape index (κ3) is 3.36. The summed E-state index contributed by atoms with van der Waals surface area (Å²) in [6, 6.07) is 8.10. The van der Waals surface area contributed by atoms with Gasteiger partial charge in [-0.2, -0.15) is 0 Å². The van der Waals surface area contributed by atoms with Crippen LogP contribution in [0.5, 0.6) is 5.75 Å². The second kappa shape index (κ2) is 7.04. The molecule has 1 aromatic heterocycles. The van der Waals surface area contributed by atoms with Gasteiger partial charge in [0.2, 0.25) is 0 Å². The molecular weight excluding hydrogens is 330 g/mol. The summed E-state index contributed by atoms with van der Waals surface area (Å²) >= 11 is 1.58. The Kier molecular flexibility index (Phi) is 4.62. The zero-order chi connectivity index (χ0) is 17.2. The summed E-state index contributed by atoms with van der Waals surface area (Å²) in [6.07, 6.45) is 8.30. The molecule has 1 aromatic carbocycles. The topological polar surface area (TPSA) is 38.3 Å². The van der Waals surface area contributed by atoms with Crippen molar-refractivity contribution >= 4 is 17.2 Å². The summed E-state index contributed by atoms with van der Waals surface area (Å²) < 4.78 is 5.85. The number of hydrogen-bond acceptors (Lipinski definition) is 3. The first-order valence-corrected chi connectivity index (χ1v) is 9.85. The minimum Gasteiger partial charge on any atom is -0.488 e. The zero-order valence-corrected chi connectivity index (χ0v) is 15.4. The lowest BCUT2D eigenvalue weighted by atomic mass is 9.97. The first-order valence-electron chi connectivity index (χ1n) is 9.04.